The van der Waals surface area contributed by atoms with Crippen LogP contribution in [0.3, 0.4) is 0 Å². The number of carbonyl (C=O) groups is 1. The number of hydrogen-bond donors (Lipinski definition) is 1. The van der Waals surface area contributed by atoms with E-state index >= 15 is 0 Å². The first-order chi connectivity index (χ1) is 14.4. The summed E-state index contributed by atoms with van der Waals surface area (Å²) in [6.07, 6.45) is 6.51. The first kappa shape index (κ1) is 25.8. The van der Waals surface area contributed by atoms with Gasteiger partial charge in [-0.3, -0.25) is 4.79 Å². The second-order valence-electron chi connectivity index (χ2n) is 8.45. The predicted octanol–water partition coefficient (Wildman–Crippen LogP) is 2.69. The molecule has 0 aliphatic heterocycles. The maximum atomic E-state index is 12.0. The summed E-state index contributed by atoms with van der Waals surface area (Å²) in [6.45, 7) is 7.01. The molecule has 1 amide bonds. The van der Waals surface area contributed by atoms with Gasteiger partial charge in [-0.2, -0.15) is 36.4 Å². The van der Waals surface area contributed by atoms with Crippen LogP contribution in [0.15, 0.2) is 59.1 Å². The van der Waals surface area contributed by atoms with E-state index in [1.807, 2.05) is 24.3 Å². The van der Waals surface area contributed by atoms with Crippen molar-refractivity contribution >= 4 is 11.6 Å². The number of aromatic nitrogens is 1. The Hall–Kier alpha value is -1.44. The van der Waals surface area contributed by atoms with Gasteiger partial charge < -0.3 is 14.6 Å². The molecule has 1 fully saturated rings. The van der Waals surface area contributed by atoms with Crippen molar-refractivity contribution in [1.29, 1.82) is 0 Å². The molecule has 1 saturated carbocycles. The molecule has 1 aliphatic rings. The molecule has 0 atom stereocenters. The van der Waals surface area contributed by atoms with Gasteiger partial charge >= 0.3 is 51.4 Å². The van der Waals surface area contributed by atoms with Crippen LogP contribution in [0.5, 0.6) is 5.75 Å². The first-order valence-electron chi connectivity index (χ1n) is 10.3. The monoisotopic (exact) mass is 443 g/mol. The molecule has 31 heavy (non-hydrogen) atoms. The minimum Gasteiger partial charge on any atom is -0.493 e. The topological polar surface area (TPSA) is 64.4 Å². The molecule has 0 bridgehead atoms. The molecule has 2 aromatic carbocycles. The number of carbonyl (C=O) groups excluding carboxylic acids is 1. The molecule has 1 heterocycles. The van der Waals surface area contributed by atoms with E-state index in [1.54, 1.807) is 30.3 Å². The van der Waals surface area contributed by atoms with Crippen LogP contribution in [0.4, 0.5) is 5.69 Å². The Balaban J connectivity index is 0.000000289. The Bertz CT molecular complexity index is 900. The Morgan fingerprint density at radius 2 is 1.84 bits per heavy atom. The minimum absolute atomic E-state index is 0. The first-order valence-corrected chi connectivity index (χ1v) is 10.3. The average Bonchev–Trinajstić information content (AvgIpc) is 3.25. The van der Waals surface area contributed by atoms with Crippen molar-refractivity contribution in [2.45, 2.75) is 45.4 Å². The van der Waals surface area contributed by atoms with Crippen molar-refractivity contribution in [3.05, 3.63) is 78.2 Å². The molecule has 4 rings (SSSR count). The van der Waals surface area contributed by atoms with Crippen molar-refractivity contribution in [3.8, 4) is 5.75 Å². The van der Waals surface area contributed by atoms with Gasteiger partial charge in [-0.15, -0.1) is 6.20 Å². The summed E-state index contributed by atoms with van der Waals surface area (Å²) in [4.78, 5) is 12.0. The van der Waals surface area contributed by atoms with Gasteiger partial charge in [0.2, 0.25) is 5.91 Å². The van der Waals surface area contributed by atoms with Crippen LogP contribution in [-0.4, -0.2) is 17.7 Å². The fourth-order valence-corrected chi connectivity index (χ4v) is 2.79. The predicted molar refractivity (Wildman–Crippen MR) is 117 cm³/mol. The van der Waals surface area contributed by atoms with Crippen LogP contribution in [0.1, 0.15) is 56.2 Å². The molecule has 1 aromatic heterocycles. The van der Waals surface area contributed by atoms with Gasteiger partial charge in [0.05, 0.1) is 6.61 Å². The van der Waals surface area contributed by atoms with Gasteiger partial charge in [-0.25, -0.2) is 5.16 Å². The van der Waals surface area contributed by atoms with Crippen molar-refractivity contribution in [2.75, 3.05) is 11.9 Å². The summed E-state index contributed by atoms with van der Waals surface area (Å²) in [6, 6.07) is 19.1. The van der Waals surface area contributed by atoms with Crippen molar-refractivity contribution < 1.29 is 65.4 Å². The van der Waals surface area contributed by atoms with Gasteiger partial charge in [0, 0.05) is 5.69 Å². The molecule has 0 unspecified atom stereocenters. The van der Waals surface area contributed by atoms with E-state index in [1.165, 1.54) is 19.3 Å². The third-order valence-electron chi connectivity index (χ3n) is 4.93. The van der Waals surface area contributed by atoms with E-state index in [0.29, 0.717) is 5.56 Å². The Morgan fingerprint density at radius 1 is 1.16 bits per heavy atom. The van der Waals surface area contributed by atoms with Gasteiger partial charge in [-0.05, 0) is 54.2 Å². The number of amides is 1. The number of rotatable bonds is 5. The molecule has 5 nitrogen and oxygen atoms in total. The molecule has 1 N–H and O–H groups in total. The number of benzene rings is 2. The number of nitrogens with zero attached hydrogens (tertiary/aromatic N) is 1. The van der Waals surface area contributed by atoms with Gasteiger partial charge in [0.15, 0.2) is 0 Å². The third kappa shape index (κ3) is 8.54. The fourth-order valence-electron chi connectivity index (χ4n) is 2.79. The zero-order valence-corrected chi connectivity index (χ0v) is 21.9. The van der Waals surface area contributed by atoms with E-state index in [2.05, 4.69) is 43.5 Å². The van der Waals surface area contributed by atoms with Crippen LogP contribution in [0.2, 0.25) is 0 Å². The summed E-state index contributed by atoms with van der Waals surface area (Å²) >= 11 is 0. The normalized spacial score (nSPS) is 13.1. The van der Waals surface area contributed by atoms with Crippen LogP contribution in [0, 0.1) is 18.2 Å². The van der Waals surface area contributed by atoms with E-state index < -0.39 is 0 Å². The van der Waals surface area contributed by atoms with Crippen molar-refractivity contribution in [1.82, 2.24) is 5.16 Å². The smallest absolute Gasteiger partial charge is 0.493 e. The molecule has 0 radical (unpaired) electrons. The van der Waals surface area contributed by atoms with Crippen molar-refractivity contribution in [3.63, 3.8) is 0 Å². The molecule has 6 heteroatoms. The third-order valence-corrected chi connectivity index (χ3v) is 4.93. The summed E-state index contributed by atoms with van der Waals surface area (Å²) in [5.74, 6) is 2.34. The zero-order valence-electron chi connectivity index (χ0n) is 18.8. The Kier molecular flexibility index (Phi) is 10.5. The van der Waals surface area contributed by atoms with Gasteiger partial charge in [-0.1, -0.05) is 32.8 Å². The number of nitrogens with one attached hydrogen (secondary N) is 1. The second-order valence-corrected chi connectivity index (χ2v) is 8.45. The summed E-state index contributed by atoms with van der Waals surface area (Å²) in [5, 5.41) is 6.35. The van der Waals surface area contributed by atoms with Crippen LogP contribution >= 0.6 is 0 Å². The molecule has 1 aliphatic carbocycles. The number of hydrogen-bond acceptors (Lipinski definition) is 4. The Labute approximate surface area is 227 Å². The van der Waals surface area contributed by atoms with E-state index in [4.69, 9.17) is 9.26 Å². The van der Waals surface area contributed by atoms with Gasteiger partial charge in [0.1, 0.15) is 5.75 Å². The van der Waals surface area contributed by atoms with E-state index in [9.17, 15) is 4.79 Å². The summed E-state index contributed by atoms with van der Waals surface area (Å²) < 4.78 is 10.6. The molecule has 158 valence electrons. The molecular weight excluding hydrogens is 415 g/mol. The largest absolute Gasteiger partial charge is 1.00 e. The standard InChI is InChI=1S/C18H18NO2.C7H10NO.K/c20-18(15-7-2-1-3-8-15)19-16-9-11-17(12-10-16)21-13-14-5-4-6-14;1-7(2,3)6-4-5-8-9-6;/h2-3,7-12,14H,4-6,13H2,(H,19,20);4H,1-3H3;/q2*-1;+1. The molecule has 0 spiro atoms. The number of anilines is 1. The minimum atomic E-state index is -0.118. The van der Waals surface area contributed by atoms with E-state index in [-0.39, 0.29) is 62.7 Å². The number of ether oxygens (including phenoxy) is 1. The molecule has 3 aromatic rings. The summed E-state index contributed by atoms with van der Waals surface area (Å²) in [7, 11) is 0. The quantitative estimate of drug-likeness (QED) is 0.486. The fraction of sp³-hybridized carbons (Fsp3) is 0.360. The average molecular weight is 444 g/mol. The maximum Gasteiger partial charge on any atom is 1.00 e. The molecule has 0 saturated heterocycles. The van der Waals surface area contributed by atoms with Crippen LogP contribution in [0.25, 0.3) is 0 Å². The zero-order chi connectivity index (χ0) is 21.4. The summed E-state index contributed by atoms with van der Waals surface area (Å²) in [5.41, 5.74) is 1.45. The van der Waals surface area contributed by atoms with Crippen LogP contribution < -0.4 is 61.4 Å². The Morgan fingerprint density at radius 3 is 2.32 bits per heavy atom. The van der Waals surface area contributed by atoms with Gasteiger partial charge in [0.25, 0.3) is 0 Å². The second kappa shape index (κ2) is 12.6. The van der Waals surface area contributed by atoms with Crippen LogP contribution in [-0.2, 0) is 5.41 Å². The molecular formula is C25H28KN2O3-. The van der Waals surface area contributed by atoms with E-state index in [0.717, 1.165) is 29.7 Å². The maximum absolute atomic E-state index is 12.0. The van der Waals surface area contributed by atoms with Crippen molar-refractivity contribution in [2.24, 2.45) is 5.92 Å². The SMILES string of the molecule is CC(C)(C)c1c[c-]no1.O=C(Nc1ccc(OCC2CCC2)cc1)c1cc[c-]cc1.[K+].